The first-order valence-electron chi connectivity index (χ1n) is 6.50. The molecule has 0 aliphatic heterocycles. The Balaban J connectivity index is 2.01. The molecule has 2 unspecified atom stereocenters. The van der Waals surface area contributed by atoms with Gasteiger partial charge >= 0.3 is 0 Å². The third-order valence-corrected chi connectivity index (χ3v) is 4.87. The highest BCUT2D eigenvalue weighted by atomic mass is 16.3. The summed E-state index contributed by atoms with van der Waals surface area (Å²) in [5, 5.41) is 19.6. The molecule has 16 heavy (non-hydrogen) atoms. The fourth-order valence-corrected chi connectivity index (χ4v) is 4.59. The fourth-order valence-electron chi connectivity index (χ4n) is 4.59. The Hall–Kier alpha value is -0.810. The summed E-state index contributed by atoms with van der Waals surface area (Å²) in [5.74, 6) is 1.76. The highest BCUT2D eigenvalue weighted by Crippen LogP contribution is 2.58. The molecule has 4 saturated carbocycles. The summed E-state index contributed by atoms with van der Waals surface area (Å²) in [6.45, 7) is 2.07. The van der Waals surface area contributed by atoms with Crippen molar-refractivity contribution in [3.63, 3.8) is 0 Å². The Labute approximate surface area is 97.0 Å². The van der Waals surface area contributed by atoms with Crippen LogP contribution in [0.3, 0.4) is 0 Å². The molecule has 2 atom stereocenters. The van der Waals surface area contributed by atoms with Crippen molar-refractivity contribution in [3.05, 3.63) is 11.1 Å². The summed E-state index contributed by atoms with van der Waals surface area (Å²) in [5.41, 5.74) is 2.05. The molecule has 0 radical (unpaired) electrons. The number of hydrogen-bond donors (Lipinski definition) is 1. The molecule has 4 bridgehead atoms. The molecular formula is C14H19NO. The average Bonchev–Trinajstić information content (AvgIpc) is 2.21. The minimum Gasteiger partial charge on any atom is -0.390 e. The van der Waals surface area contributed by atoms with Crippen LogP contribution in [-0.2, 0) is 0 Å². The van der Waals surface area contributed by atoms with Crippen molar-refractivity contribution in [2.75, 3.05) is 0 Å². The van der Waals surface area contributed by atoms with Gasteiger partial charge in [-0.1, -0.05) is 12.5 Å². The van der Waals surface area contributed by atoms with Crippen LogP contribution in [0.5, 0.6) is 0 Å². The normalized spacial score (nSPS) is 44.6. The summed E-state index contributed by atoms with van der Waals surface area (Å²) in [6, 6.07) is 2.39. The molecule has 4 rings (SSSR count). The van der Waals surface area contributed by atoms with Crippen LogP contribution in [0.25, 0.3) is 0 Å². The van der Waals surface area contributed by atoms with Crippen LogP contribution < -0.4 is 0 Å². The third kappa shape index (κ3) is 1.34. The molecular weight excluding hydrogens is 198 g/mol. The van der Waals surface area contributed by atoms with E-state index in [2.05, 4.69) is 13.0 Å². The van der Waals surface area contributed by atoms with Crippen LogP contribution in [-0.4, -0.2) is 10.7 Å². The van der Waals surface area contributed by atoms with Gasteiger partial charge in [-0.3, -0.25) is 0 Å². The van der Waals surface area contributed by atoms with E-state index < -0.39 is 0 Å². The Morgan fingerprint density at radius 1 is 1.38 bits per heavy atom. The van der Waals surface area contributed by atoms with Gasteiger partial charge in [-0.05, 0) is 56.3 Å². The predicted octanol–water partition coefficient (Wildman–Crippen LogP) is 2.79. The van der Waals surface area contributed by atoms with Gasteiger partial charge in [0.2, 0.25) is 0 Å². The Morgan fingerprint density at radius 2 is 2.00 bits per heavy atom. The number of nitriles is 1. The smallest absolute Gasteiger partial charge is 0.0946 e. The summed E-state index contributed by atoms with van der Waals surface area (Å²) in [7, 11) is 0. The van der Waals surface area contributed by atoms with Gasteiger partial charge in [0.05, 0.1) is 11.7 Å². The Kier molecular flexibility index (Phi) is 2.16. The summed E-state index contributed by atoms with van der Waals surface area (Å²) in [4.78, 5) is 0. The molecule has 0 aromatic heterocycles. The maximum Gasteiger partial charge on any atom is 0.0946 e. The first-order valence-corrected chi connectivity index (χ1v) is 6.50. The molecule has 0 aromatic rings. The number of rotatable bonds is 1. The molecule has 0 aromatic carbocycles. The fraction of sp³-hybridized carbons (Fsp3) is 0.786. The van der Waals surface area contributed by atoms with Crippen molar-refractivity contribution in [1.82, 2.24) is 0 Å². The Morgan fingerprint density at radius 3 is 2.44 bits per heavy atom. The standard InChI is InChI=1S/C14H19NO/c1-2-10(8-15)13-11-3-9-4-12(13)7-14(16,5-9)6-11/h9,11-12,16H,2-7H2,1H3. The minimum atomic E-state index is -0.381. The van der Waals surface area contributed by atoms with E-state index in [9.17, 15) is 10.4 Å². The van der Waals surface area contributed by atoms with Gasteiger partial charge in [-0.25, -0.2) is 0 Å². The van der Waals surface area contributed by atoms with Crippen molar-refractivity contribution >= 4 is 0 Å². The summed E-state index contributed by atoms with van der Waals surface area (Å²) in [6.07, 6.45) is 6.16. The quantitative estimate of drug-likeness (QED) is 0.686. The van der Waals surface area contributed by atoms with E-state index in [1.807, 2.05) is 0 Å². The lowest BCUT2D eigenvalue weighted by atomic mass is 9.51. The molecule has 0 heterocycles. The second kappa shape index (κ2) is 3.34. The molecule has 2 heteroatoms. The second-order valence-corrected chi connectivity index (χ2v) is 5.97. The maximum absolute atomic E-state index is 10.4. The first kappa shape index (κ1) is 10.4. The van der Waals surface area contributed by atoms with Crippen molar-refractivity contribution in [1.29, 1.82) is 5.26 Å². The van der Waals surface area contributed by atoms with Crippen LogP contribution in [0, 0.1) is 29.1 Å². The van der Waals surface area contributed by atoms with Crippen LogP contribution in [0.2, 0.25) is 0 Å². The number of hydrogen-bond acceptors (Lipinski definition) is 2. The van der Waals surface area contributed by atoms with Crippen molar-refractivity contribution in [2.24, 2.45) is 17.8 Å². The average molecular weight is 217 g/mol. The highest BCUT2D eigenvalue weighted by Gasteiger charge is 2.52. The van der Waals surface area contributed by atoms with Gasteiger partial charge < -0.3 is 5.11 Å². The minimum absolute atomic E-state index is 0.381. The lowest BCUT2D eigenvalue weighted by Crippen LogP contribution is -2.51. The maximum atomic E-state index is 10.4. The lowest BCUT2D eigenvalue weighted by Gasteiger charge is -2.55. The molecule has 4 aliphatic carbocycles. The largest absolute Gasteiger partial charge is 0.390 e. The van der Waals surface area contributed by atoms with E-state index in [0.717, 1.165) is 37.2 Å². The van der Waals surface area contributed by atoms with Gasteiger partial charge in [0.25, 0.3) is 0 Å². The van der Waals surface area contributed by atoms with E-state index in [1.54, 1.807) is 0 Å². The zero-order chi connectivity index (χ0) is 11.3. The first-order chi connectivity index (χ1) is 7.65. The highest BCUT2D eigenvalue weighted by molar-refractivity contribution is 5.35. The van der Waals surface area contributed by atoms with Crippen molar-refractivity contribution < 1.29 is 5.11 Å². The molecule has 0 spiro atoms. The Bertz CT molecular complexity index is 372. The van der Waals surface area contributed by atoms with Crippen LogP contribution in [0.4, 0.5) is 0 Å². The molecule has 4 aliphatic rings. The zero-order valence-electron chi connectivity index (χ0n) is 9.87. The second-order valence-electron chi connectivity index (χ2n) is 5.97. The summed E-state index contributed by atoms with van der Waals surface area (Å²) >= 11 is 0. The van der Waals surface area contributed by atoms with Crippen LogP contribution >= 0.6 is 0 Å². The predicted molar refractivity (Wildman–Crippen MR) is 61.4 cm³/mol. The topological polar surface area (TPSA) is 44.0 Å². The van der Waals surface area contributed by atoms with E-state index >= 15 is 0 Å². The molecule has 0 amide bonds. The van der Waals surface area contributed by atoms with E-state index in [0.29, 0.717) is 11.8 Å². The SMILES string of the molecule is CCC(C#N)=C1C2CC3CC1CC(O)(C3)C2. The lowest BCUT2D eigenvalue weighted by molar-refractivity contribution is -0.100. The third-order valence-electron chi connectivity index (χ3n) is 4.87. The monoisotopic (exact) mass is 217 g/mol. The zero-order valence-corrected chi connectivity index (χ0v) is 9.87. The van der Waals surface area contributed by atoms with Gasteiger partial charge in [-0.15, -0.1) is 0 Å². The van der Waals surface area contributed by atoms with Gasteiger partial charge in [0.15, 0.2) is 0 Å². The molecule has 1 N–H and O–H groups in total. The van der Waals surface area contributed by atoms with Crippen LogP contribution in [0.1, 0.15) is 45.4 Å². The van der Waals surface area contributed by atoms with E-state index in [1.165, 1.54) is 18.4 Å². The number of aliphatic hydroxyl groups is 1. The van der Waals surface area contributed by atoms with Gasteiger partial charge in [-0.2, -0.15) is 5.26 Å². The van der Waals surface area contributed by atoms with E-state index in [4.69, 9.17) is 0 Å². The van der Waals surface area contributed by atoms with Gasteiger partial charge in [0.1, 0.15) is 0 Å². The molecule has 0 saturated heterocycles. The molecule has 86 valence electrons. The van der Waals surface area contributed by atoms with Crippen LogP contribution in [0.15, 0.2) is 11.1 Å². The summed E-state index contributed by atoms with van der Waals surface area (Å²) < 4.78 is 0. The van der Waals surface area contributed by atoms with Crippen molar-refractivity contribution in [3.8, 4) is 6.07 Å². The van der Waals surface area contributed by atoms with Crippen molar-refractivity contribution in [2.45, 2.75) is 51.0 Å². The van der Waals surface area contributed by atoms with E-state index in [-0.39, 0.29) is 5.60 Å². The number of nitrogens with zero attached hydrogens (tertiary/aromatic N) is 1. The molecule has 4 fully saturated rings. The number of allylic oxidation sites excluding steroid dienone is 2. The molecule has 2 nitrogen and oxygen atoms in total. The van der Waals surface area contributed by atoms with Gasteiger partial charge in [0, 0.05) is 5.57 Å².